The van der Waals surface area contributed by atoms with Gasteiger partial charge in [0.05, 0.1) is 18.3 Å². The third-order valence-corrected chi connectivity index (χ3v) is 5.49. The van der Waals surface area contributed by atoms with Crippen LogP contribution in [0.4, 0.5) is 0 Å². The number of thiazole rings is 1. The summed E-state index contributed by atoms with van der Waals surface area (Å²) >= 11 is 1.70. The van der Waals surface area contributed by atoms with Gasteiger partial charge in [-0.05, 0) is 24.2 Å². The molecule has 0 bridgehead atoms. The molecule has 0 saturated carbocycles. The smallest absolute Gasteiger partial charge is 0.191 e. The summed E-state index contributed by atoms with van der Waals surface area (Å²) in [7, 11) is 1.81. The van der Waals surface area contributed by atoms with Crippen LogP contribution in [-0.4, -0.2) is 37.2 Å². The fraction of sp³-hybridized carbons (Fsp3) is 0.789. The average Bonchev–Trinajstić information content (AvgIpc) is 3.04. The van der Waals surface area contributed by atoms with E-state index in [9.17, 15) is 0 Å². The van der Waals surface area contributed by atoms with Crippen molar-refractivity contribution in [2.75, 3.05) is 20.2 Å². The fourth-order valence-corrected chi connectivity index (χ4v) is 4.18. The molecule has 2 rings (SSSR count). The van der Waals surface area contributed by atoms with E-state index in [1.165, 1.54) is 6.42 Å². The molecular weight excluding hydrogens is 459 g/mol. The van der Waals surface area contributed by atoms with Gasteiger partial charge in [0.1, 0.15) is 5.01 Å². The lowest BCUT2D eigenvalue weighted by Gasteiger charge is -2.40. The van der Waals surface area contributed by atoms with Crippen LogP contribution in [0.25, 0.3) is 0 Å². The number of rotatable bonds is 5. The van der Waals surface area contributed by atoms with Crippen molar-refractivity contribution in [2.24, 2.45) is 16.3 Å². The molecule has 0 aromatic carbocycles. The van der Waals surface area contributed by atoms with E-state index in [2.05, 4.69) is 60.6 Å². The Morgan fingerprint density at radius 2 is 2.12 bits per heavy atom. The lowest BCUT2D eigenvalue weighted by atomic mass is 9.78. The quantitative estimate of drug-likeness (QED) is 0.362. The molecule has 1 saturated heterocycles. The van der Waals surface area contributed by atoms with Gasteiger partial charge in [-0.3, -0.25) is 4.99 Å². The van der Waals surface area contributed by atoms with E-state index in [0.29, 0.717) is 24.5 Å². The van der Waals surface area contributed by atoms with Crippen LogP contribution in [0.3, 0.4) is 0 Å². The molecule has 1 aromatic heterocycles. The summed E-state index contributed by atoms with van der Waals surface area (Å²) in [6, 6.07) is 0. The second kappa shape index (κ2) is 10.8. The fourth-order valence-electron chi connectivity index (χ4n) is 3.29. The number of hydrogen-bond acceptors (Lipinski definition) is 4. The summed E-state index contributed by atoms with van der Waals surface area (Å²) < 4.78 is 6.07. The Morgan fingerprint density at radius 3 is 2.69 bits per heavy atom. The summed E-state index contributed by atoms with van der Waals surface area (Å²) in [5, 5.41) is 10.1. The molecule has 1 aliphatic rings. The molecule has 1 fully saturated rings. The van der Waals surface area contributed by atoms with E-state index in [-0.39, 0.29) is 29.4 Å². The van der Waals surface area contributed by atoms with Gasteiger partial charge in [0.2, 0.25) is 0 Å². The number of nitrogens with one attached hydrogen (secondary N) is 2. The van der Waals surface area contributed by atoms with Crippen molar-refractivity contribution in [3.63, 3.8) is 0 Å². The number of aromatic nitrogens is 1. The van der Waals surface area contributed by atoms with Crippen molar-refractivity contribution in [3.05, 3.63) is 16.1 Å². The first-order chi connectivity index (χ1) is 11.8. The van der Waals surface area contributed by atoms with E-state index in [0.717, 1.165) is 36.2 Å². The lowest BCUT2D eigenvalue weighted by Crippen LogP contribution is -2.47. The van der Waals surface area contributed by atoms with Gasteiger partial charge in [-0.15, -0.1) is 35.3 Å². The summed E-state index contributed by atoms with van der Waals surface area (Å²) in [6.07, 6.45) is 2.64. The van der Waals surface area contributed by atoms with E-state index in [4.69, 9.17) is 4.74 Å². The number of guanidine groups is 1. The van der Waals surface area contributed by atoms with Crippen LogP contribution in [0.2, 0.25) is 0 Å². The average molecular weight is 494 g/mol. The van der Waals surface area contributed by atoms with Gasteiger partial charge in [0.15, 0.2) is 5.96 Å². The molecule has 2 heterocycles. The normalized spacial score (nSPS) is 21.4. The van der Waals surface area contributed by atoms with Gasteiger partial charge in [-0.1, -0.05) is 34.6 Å². The van der Waals surface area contributed by atoms with Crippen molar-refractivity contribution in [1.82, 2.24) is 15.6 Å². The molecule has 1 aromatic rings. The highest BCUT2D eigenvalue weighted by atomic mass is 127. The predicted molar refractivity (Wildman–Crippen MR) is 122 cm³/mol. The monoisotopic (exact) mass is 494 g/mol. The number of hydrogen-bond donors (Lipinski definition) is 2. The molecule has 0 spiro atoms. The van der Waals surface area contributed by atoms with Crippen LogP contribution in [0.15, 0.2) is 10.4 Å². The molecule has 26 heavy (non-hydrogen) atoms. The van der Waals surface area contributed by atoms with Gasteiger partial charge in [0, 0.05) is 31.5 Å². The summed E-state index contributed by atoms with van der Waals surface area (Å²) in [5.41, 5.74) is 1.33. The minimum atomic E-state index is 0. The first-order valence-electron chi connectivity index (χ1n) is 9.31. The van der Waals surface area contributed by atoms with Crippen LogP contribution in [-0.2, 0) is 11.3 Å². The van der Waals surface area contributed by atoms with Crippen molar-refractivity contribution < 1.29 is 4.74 Å². The lowest BCUT2D eigenvalue weighted by molar-refractivity contribution is -0.0835. The van der Waals surface area contributed by atoms with E-state index >= 15 is 0 Å². The first-order valence-corrected chi connectivity index (χ1v) is 10.2. The number of nitrogens with zero attached hydrogens (tertiary/aromatic N) is 2. The number of ether oxygens (including phenoxy) is 1. The van der Waals surface area contributed by atoms with E-state index < -0.39 is 0 Å². The van der Waals surface area contributed by atoms with Crippen molar-refractivity contribution in [2.45, 2.75) is 66.0 Å². The summed E-state index contributed by atoms with van der Waals surface area (Å²) in [6.45, 7) is 13.6. The zero-order chi connectivity index (χ0) is 18.4. The molecule has 7 heteroatoms. The molecule has 2 atom stereocenters. The summed E-state index contributed by atoms with van der Waals surface area (Å²) in [5.74, 6) is 1.82. The number of aliphatic imine (C=N–C) groups is 1. The minimum Gasteiger partial charge on any atom is -0.377 e. The maximum absolute atomic E-state index is 6.07. The van der Waals surface area contributed by atoms with Crippen LogP contribution in [0, 0.1) is 11.3 Å². The topological polar surface area (TPSA) is 58.5 Å². The van der Waals surface area contributed by atoms with Crippen molar-refractivity contribution in [3.8, 4) is 0 Å². The van der Waals surface area contributed by atoms with Crippen molar-refractivity contribution >= 4 is 41.3 Å². The van der Waals surface area contributed by atoms with E-state index in [1.807, 2.05) is 7.05 Å². The Labute approximate surface area is 179 Å². The molecular formula is C19H35IN4OS. The molecule has 2 N–H and O–H groups in total. The molecule has 1 aliphatic heterocycles. The van der Waals surface area contributed by atoms with Gasteiger partial charge < -0.3 is 15.4 Å². The third kappa shape index (κ3) is 6.96. The van der Waals surface area contributed by atoms with E-state index in [1.54, 1.807) is 11.3 Å². The van der Waals surface area contributed by atoms with Gasteiger partial charge >= 0.3 is 0 Å². The second-order valence-electron chi connectivity index (χ2n) is 8.19. The highest BCUT2D eigenvalue weighted by Gasteiger charge is 2.35. The zero-order valence-corrected chi connectivity index (χ0v) is 20.1. The first kappa shape index (κ1) is 23.6. The number of halogens is 1. The van der Waals surface area contributed by atoms with Crippen LogP contribution >= 0.6 is 35.3 Å². The van der Waals surface area contributed by atoms with Gasteiger partial charge in [-0.2, -0.15) is 0 Å². The standard InChI is InChI=1S/C19H34N4OS.HI/c1-13(2)15-12-25-16(23-15)11-22-18(20-6)21-10-14-8-7-9-24-17(14)19(3,4)5;/h12-14,17H,7-11H2,1-6H3,(H2,20,21,22);1H. The maximum Gasteiger partial charge on any atom is 0.191 e. The highest BCUT2D eigenvalue weighted by molar-refractivity contribution is 14.0. The Bertz CT molecular complexity index is 568. The Balaban J connectivity index is 0.00000338. The molecule has 150 valence electrons. The maximum atomic E-state index is 6.07. The molecule has 0 radical (unpaired) electrons. The summed E-state index contributed by atoms with van der Waals surface area (Å²) in [4.78, 5) is 9.01. The Kier molecular flexibility index (Phi) is 9.82. The van der Waals surface area contributed by atoms with Gasteiger partial charge in [-0.25, -0.2) is 4.98 Å². The predicted octanol–water partition coefficient (Wildman–Crippen LogP) is 4.39. The minimum absolute atomic E-state index is 0. The second-order valence-corrected chi connectivity index (χ2v) is 9.13. The molecule has 0 aliphatic carbocycles. The SMILES string of the molecule is CN=C(NCc1nc(C(C)C)cs1)NCC1CCCOC1C(C)(C)C.I. The molecule has 5 nitrogen and oxygen atoms in total. The van der Waals surface area contributed by atoms with Gasteiger partial charge in [0.25, 0.3) is 0 Å². The molecule has 2 unspecified atom stereocenters. The van der Waals surface area contributed by atoms with Crippen LogP contribution < -0.4 is 10.6 Å². The third-order valence-electron chi connectivity index (χ3n) is 4.62. The van der Waals surface area contributed by atoms with Crippen LogP contribution in [0.1, 0.15) is 64.1 Å². The molecule has 0 amide bonds. The Hall–Kier alpha value is -0.410. The largest absolute Gasteiger partial charge is 0.377 e. The van der Waals surface area contributed by atoms with Crippen LogP contribution in [0.5, 0.6) is 0 Å². The van der Waals surface area contributed by atoms with Crippen molar-refractivity contribution in [1.29, 1.82) is 0 Å². The Morgan fingerprint density at radius 1 is 1.38 bits per heavy atom. The zero-order valence-electron chi connectivity index (χ0n) is 17.0. The highest BCUT2D eigenvalue weighted by Crippen LogP contribution is 2.33.